The summed E-state index contributed by atoms with van der Waals surface area (Å²) in [6.45, 7) is 3.56. The molecule has 1 atom stereocenters. The van der Waals surface area contributed by atoms with Crippen LogP contribution in [0.2, 0.25) is 0 Å². The number of hydrogen-bond donors (Lipinski definition) is 0. The van der Waals surface area contributed by atoms with Gasteiger partial charge in [-0.25, -0.2) is 0 Å². The highest BCUT2D eigenvalue weighted by Gasteiger charge is 2.43. The van der Waals surface area contributed by atoms with Crippen LogP contribution >= 0.6 is 0 Å². The Hall–Kier alpha value is -3.73. The Labute approximate surface area is 207 Å². The van der Waals surface area contributed by atoms with Crippen LogP contribution in [0.15, 0.2) is 101 Å². The number of aliphatic imine (C=N–C) groups is 1. The Morgan fingerprint density at radius 2 is 1.40 bits per heavy atom. The Morgan fingerprint density at radius 1 is 0.829 bits per heavy atom. The Kier molecular flexibility index (Phi) is 7.03. The van der Waals surface area contributed by atoms with Crippen molar-refractivity contribution in [3.05, 3.63) is 119 Å². The molecule has 178 valence electrons. The highest BCUT2D eigenvalue weighted by Crippen LogP contribution is 2.43. The summed E-state index contributed by atoms with van der Waals surface area (Å²) in [5, 5.41) is 4.27. The third-order valence-corrected chi connectivity index (χ3v) is 6.81. The van der Waals surface area contributed by atoms with E-state index in [-0.39, 0.29) is 5.92 Å². The van der Waals surface area contributed by atoms with E-state index in [9.17, 15) is 0 Å². The number of benzene rings is 3. The summed E-state index contributed by atoms with van der Waals surface area (Å²) in [5.41, 5.74) is 3.02. The molecule has 0 bridgehead atoms. The van der Waals surface area contributed by atoms with Gasteiger partial charge in [-0.05, 0) is 23.1 Å². The van der Waals surface area contributed by atoms with Gasteiger partial charge >= 0.3 is 0 Å². The monoisotopic (exact) mass is 464 g/mol. The number of unbranched alkanes of at least 4 members (excludes halogenated alkanes) is 2. The summed E-state index contributed by atoms with van der Waals surface area (Å²) in [5.74, 6) is 1.51. The molecule has 35 heavy (non-hydrogen) atoms. The lowest BCUT2D eigenvalue weighted by atomic mass is 9.75. The van der Waals surface area contributed by atoms with Crippen molar-refractivity contribution < 1.29 is 4.52 Å². The number of hydrogen-bond acceptors (Lipinski definition) is 5. The van der Waals surface area contributed by atoms with Crippen molar-refractivity contribution >= 4 is 6.34 Å². The van der Waals surface area contributed by atoms with Gasteiger partial charge in [-0.2, -0.15) is 4.98 Å². The fourth-order valence-electron chi connectivity index (χ4n) is 5.10. The second-order valence-electron chi connectivity index (χ2n) is 9.14. The molecule has 2 heterocycles. The van der Waals surface area contributed by atoms with E-state index in [4.69, 9.17) is 14.5 Å². The summed E-state index contributed by atoms with van der Waals surface area (Å²) >= 11 is 0. The largest absolute Gasteiger partial charge is 0.344 e. The lowest BCUT2D eigenvalue weighted by molar-refractivity contribution is 0.228. The first-order valence-electron chi connectivity index (χ1n) is 12.6. The summed E-state index contributed by atoms with van der Waals surface area (Å²) < 4.78 is 5.75. The first-order valence-corrected chi connectivity index (χ1v) is 12.6. The maximum absolute atomic E-state index is 5.75. The van der Waals surface area contributed by atoms with E-state index >= 15 is 0 Å². The Bertz CT molecular complexity index is 1120. The minimum atomic E-state index is -0.546. The van der Waals surface area contributed by atoms with E-state index in [1.54, 1.807) is 0 Å². The fourth-order valence-corrected chi connectivity index (χ4v) is 5.10. The maximum Gasteiger partial charge on any atom is 0.233 e. The van der Waals surface area contributed by atoms with Gasteiger partial charge in [0.05, 0.1) is 18.8 Å². The molecule has 5 nitrogen and oxygen atoms in total. The van der Waals surface area contributed by atoms with E-state index in [0.29, 0.717) is 12.4 Å². The zero-order valence-electron chi connectivity index (χ0n) is 20.3. The fraction of sp³-hybridized carbons (Fsp3) is 0.300. The zero-order chi connectivity index (χ0) is 23.9. The van der Waals surface area contributed by atoms with Crippen LogP contribution in [0.1, 0.15) is 60.5 Å². The maximum atomic E-state index is 5.75. The Morgan fingerprint density at radius 3 is 1.94 bits per heavy atom. The van der Waals surface area contributed by atoms with Gasteiger partial charge in [0.25, 0.3) is 0 Å². The number of aromatic nitrogens is 2. The van der Waals surface area contributed by atoms with Crippen molar-refractivity contribution in [2.75, 3.05) is 13.1 Å². The number of aryl methyl sites for hydroxylation is 1. The summed E-state index contributed by atoms with van der Waals surface area (Å²) in [6, 6.07) is 32.1. The normalized spacial score (nSPS) is 15.9. The van der Waals surface area contributed by atoms with Gasteiger partial charge in [-0.15, -0.1) is 0 Å². The number of nitrogens with zero attached hydrogens (tertiary/aromatic N) is 4. The minimum Gasteiger partial charge on any atom is -0.344 e. The molecule has 5 rings (SSSR count). The molecule has 0 fully saturated rings. The third kappa shape index (κ3) is 4.63. The van der Waals surface area contributed by atoms with E-state index in [0.717, 1.165) is 25.2 Å². The molecule has 1 aliphatic heterocycles. The van der Waals surface area contributed by atoms with Gasteiger partial charge in [0.15, 0.2) is 5.82 Å². The molecule has 0 amide bonds. The van der Waals surface area contributed by atoms with Crippen LogP contribution in [0, 0.1) is 0 Å². The van der Waals surface area contributed by atoms with Crippen LogP contribution < -0.4 is 0 Å². The van der Waals surface area contributed by atoms with Crippen molar-refractivity contribution in [2.24, 2.45) is 4.99 Å². The van der Waals surface area contributed by atoms with Crippen molar-refractivity contribution in [1.82, 2.24) is 15.0 Å². The van der Waals surface area contributed by atoms with Crippen molar-refractivity contribution in [2.45, 2.75) is 44.1 Å². The zero-order valence-corrected chi connectivity index (χ0v) is 20.3. The molecule has 3 aromatic carbocycles. The molecule has 5 heteroatoms. The van der Waals surface area contributed by atoms with E-state index in [1.807, 2.05) is 6.34 Å². The SMILES string of the molecule is CCCCCc1noc(C2CN=CN(C(c3ccccc3)(c3ccccc3)c3ccccc3)C2)n1. The van der Waals surface area contributed by atoms with Crippen LogP contribution in [-0.4, -0.2) is 34.5 Å². The molecule has 0 aliphatic carbocycles. The van der Waals surface area contributed by atoms with Crippen LogP contribution in [0.25, 0.3) is 0 Å². The molecule has 0 spiro atoms. The van der Waals surface area contributed by atoms with Crippen LogP contribution in [-0.2, 0) is 12.0 Å². The topological polar surface area (TPSA) is 54.5 Å². The van der Waals surface area contributed by atoms with Crippen molar-refractivity contribution in [3.8, 4) is 0 Å². The van der Waals surface area contributed by atoms with Gasteiger partial charge in [-0.3, -0.25) is 4.99 Å². The molecule has 4 aromatic rings. The van der Waals surface area contributed by atoms with Gasteiger partial charge < -0.3 is 9.42 Å². The smallest absolute Gasteiger partial charge is 0.233 e. The van der Waals surface area contributed by atoms with Crippen LogP contribution in [0.5, 0.6) is 0 Å². The second-order valence-corrected chi connectivity index (χ2v) is 9.14. The van der Waals surface area contributed by atoms with Gasteiger partial charge in [0.2, 0.25) is 5.89 Å². The molecule has 0 radical (unpaired) electrons. The van der Waals surface area contributed by atoms with E-state index in [1.165, 1.54) is 29.5 Å². The molecular formula is C30H32N4O. The molecule has 0 saturated heterocycles. The van der Waals surface area contributed by atoms with Gasteiger partial charge in [-0.1, -0.05) is 116 Å². The third-order valence-electron chi connectivity index (χ3n) is 6.81. The van der Waals surface area contributed by atoms with Crippen LogP contribution in [0.3, 0.4) is 0 Å². The lowest BCUT2D eigenvalue weighted by Crippen LogP contribution is -2.50. The quantitative estimate of drug-likeness (QED) is 0.218. The highest BCUT2D eigenvalue weighted by atomic mass is 16.5. The van der Waals surface area contributed by atoms with Crippen molar-refractivity contribution in [3.63, 3.8) is 0 Å². The second kappa shape index (κ2) is 10.7. The standard InChI is InChI=1S/C30H32N4O/c1-2-3-7-20-28-32-29(35-33-28)24-21-31-23-34(22-24)30(25-14-8-4-9-15-25,26-16-10-5-11-17-26)27-18-12-6-13-19-27/h4-6,8-19,23-24H,2-3,7,20-22H2,1H3. The average Bonchev–Trinajstić information content (AvgIpc) is 3.41. The first-order chi connectivity index (χ1) is 17.3. The highest BCUT2D eigenvalue weighted by molar-refractivity contribution is 5.64. The molecule has 1 aliphatic rings. The molecule has 1 aromatic heterocycles. The average molecular weight is 465 g/mol. The van der Waals surface area contributed by atoms with Crippen molar-refractivity contribution in [1.29, 1.82) is 0 Å². The Balaban J connectivity index is 1.57. The summed E-state index contributed by atoms with van der Waals surface area (Å²) in [7, 11) is 0. The molecular weight excluding hydrogens is 432 g/mol. The minimum absolute atomic E-state index is 0.0305. The van der Waals surface area contributed by atoms with E-state index in [2.05, 4.69) is 108 Å². The van der Waals surface area contributed by atoms with E-state index < -0.39 is 5.54 Å². The molecule has 1 unspecified atom stereocenters. The summed E-state index contributed by atoms with van der Waals surface area (Å²) in [6.07, 6.45) is 6.31. The number of rotatable bonds is 9. The molecule has 0 N–H and O–H groups in total. The van der Waals surface area contributed by atoms with Crippen LogP contribution in [0.4, 0.5) is 0 Å². The predicted octanol–water partition coefficient (Wildman–Crippen LogP) is 6.22. The predicted molar refractivity (Wildman–Crippen MR) is 140 cm³/mol. The van der Waals surface area contributed by atoms with Gasteiger partial charge in [0.1, 0.15) is 5.54 Å². The lowest BCUT2D eigenvalue weighted by Gasteiger charge is -2.46. The van der Waals surface area contributed by atoms with Gasteiger partial charge in [0, 0.05) is 13.0 Å². The summed E-state index contributed by atoms with van der Waals surface area (Å²) in [4.78, 5) is 11.9. The molecule has 0 saturated carbocycles. The first kappa shape index (κ1) is 23.0.